The van der Waals surface area contributed by atoms with Crippen molar-refractivity contribution in [3.05, 3.63) is 66.2 Å². The van der Waals surface area contributed by atoms with E-state index < -0.39 is 84.1 Å². The molecule has 0 N–H and O–H groups in total. The van der Waals surface area contributed by atoms with Crippen molar-refractivity contribution in [3.8, 4) is 0 Å². The van der Waals surface area contributed by atoms with Gasteiger partial charge in [0.2, 0.25) is 0 Å². The zero-order chi connectivity index (χ0) is 31.9. The van der Waals surface area contributed by atoms with Gasteiger partial charge < -0.3 is 42.6 Å². The fourth-order valence-electron chi connectivity index (χ4n) is 6.16. The Kier molecular flexibility index (Phi) is 9.30. The van der Waals surface area contributed by atoms with Crippen LogP contribution in [-0.4, -0.2) is 90.7 Å². The standard InChI is InChI=1S/C33H40O11S/c1-18-23(40-29(35)20-13-9-7-10-14-20)26(38-19(2)34)28(45-21-15-11-8-12-16-21)31(37-18)36-17-22-24-25(42-32(3,4)41-24)27-30(39-22)44-33(5,6)43-27/h7-16,18,22-28,30-31H,17H2,1-6H3/t18-,22+,23-,24-,25-,26+,27+,28-,30+,31-/m0/s1. The first-order chi connectivity index (χ1) is 21.4. The van der Waals surface area contributed by atoms with E-state index in [-0.39, 0.29) is 6.61 Å². The number of hydrogen-bond donors (Lipinski definition) is 0. The quantitative estimate of drug-likeness (QED) is 0.378. The molecule has 4 saturated heterocycles. The zero-order valence-electron chi connectivity index (χ0n) is 26.2. The summed E-state index contributed by atoms with van der Waals surface area (Å²) in [7, 11) is 0. The minimum atomic E-state index is -0.905. The van der Waals surface area contributed by atoms with E-state index >= 15 is 0 Å². The van der Waals surface area contributed by atoms with Crippen LogP contribution in [0.25, 0.3) is 0 Å². The smallest absolute Gasteiger partial charge is 0.338 e. The van der Waals surface area contributed by atoms with Crippen molar-refractivity contribution < 1.29 is 52.2 Å². The zero-order valence-corrected chi connectivity index (χ0v) is 27.0. The molecule has 11 nitrogen and oxygen atoms in total. The van der Waals surface area contributed by atoms with E-state index in [1.165, 1.54) is 18.7 Å². The summed E-state index contributed by atoms with van der Waals surface area (Å²) in [4.78, 5) is 26.5. The normalized spacial score (nSPS) is 36.5. The topological polar surface area (TPSA) is 117 Å². The number of hydrogen-bond acceptors (Lipinski definition) is 12. The van der Waals surface area contributed by atoms with Gasteiger partial charge >= 0.3 is 11.9 Å². The molecule has 4 fully saturated rings. The van der Waals surface area contributed by atoms with Gasteiger partial charge in [-0.1, -0.05) is 36.4 Å². The molecule has 12 heteroatoms. The molecule has 0 unspecified atom stereocenters. The van der Waals surface area contributed by atoms with Crippen molar-refractivity contribution in [3.63, 3.8) is 0 Å². The number of carbonyl (C=O) groups is 2. The SMILES string of the molecule is CC(=O)O[C@@H]1[C@@H](OC(=O)c2ccccc2)[C@H](C)O[C@H](OC[C@H]2O[C@@H]3OC(C)(C)O[C@@H]3[C@H]3OC(C)(C)O[C@H]32)[C@H]1Sc1ccccc1. The van der Waals surface area contributed by atoms with Gasteiger partial charge in [-0.2, -0.15) is 0 Å². The molecule has 45 heavy (non-hydrogen) atoms. The maximum Gasteiger partial charge on any atom is 0.338 e. The lowest BCUT2D eigenvalue weighted by Crippen LogP contribution is -2.60. The van der Waals surface area contributed by atoms with Crippen LogP contribution in [0.15, 0.2) is 65.6 Å². The van der Waals surface area contributed by atoms with Crippen LogP contribution in [0.1, 0.15) is 51.9 Å². The second-order valence-electron chi connectivity index (χ2n) is 12.5. The average molecular weight is 645 g/mol. The number of ether oxygens (including phenoxy) is 9. The molecule has 0 radical (unpaired) electrons. The van der Waals surface area contributed by atoms with Crippen LogP contribution in [0.5, 0.6) is 0 Å². The van der Waals surface area contributed by atoms with Crippen molar-refractivity contribution in [2.24, 2.45) is 0 Å². The van der Waals surface area contributed by atoms with Gasteiger partial charge in [0.15, 0.2) is 36.4 Å². The number of esters is 2. The van der Waals surface area contributed by atoms with Crippen molar-refractivity contribution in [2.45, 2.75) is 119 Å². The molecule has 244 valence electrons. The second-order valence-corrected chi connectivity index (χ2v) is 13.7. The molecule has 0 aromatic heterocycles. The molecule has 0 amide bonds. The highest BCUT2D eigenvalue weighted by atomic mass is 32.2. The minimum Gasteiger partial charge on any atom is -0.457 e. The molecule has 4 aliphatic rings. The van der Waals surface area contributed by atoms with Crippen molar-refractivity contribution in [1.29, 1.82) is 0 Å². The Morgan fingerprint density at radius 2 is 1.40 bits per heavy atom. The summed E-state index contributed by atoms with van der Waals surface area (Å²) in [6, 6.07) is 18.3. The summed E-state index contributed by atoms with van der Waals surface area (Å²) in [5.74, 6) is -2.78. The van der Waals surface area contributed by atoms with Gasteiger partial charge in [0, 0.05) is 11.8 Å². The first-order valence-electron chi connectivity index (χ1n) is 15.2. The maximum atomic E-state index is 13.1. The van der Waals surface area contributed by atoms with E-state index in [9.17, 15) is 9.59 Å². The predicted octanol–water partition coefficient (Wildman–Crippen LogP) is 4.46. The van der Waals surface area contributed by atoms with Crippen molar-refractivity contribution in [1.82, 2.24) is 0 Å². The summed E-state index contributed by atoms with van der Waals surface area (Å²) < 4.78 is 55.7. The average Bonchev–Trinajstić information content (AvgIpc) is 3.49. The molecule has 0 aliphatic carbocycles. The Balaban J connectivity index is 1.25. The van der Waals surface area contributed by atoms with E-state index in [0.717, 1.165) is 4.90 Å². The molecule has 2 aromatic carbocycles. The molecule has 0 saturated carbocycles. The Hall–Kier alpha value is -2.55. The Morgan fingerprint density at radius 1 is 0.778 bits per heavy atom. The Morgan fingerprint density at radius 3 is 2.09 bits per heavy atom. The molecular weight excluding hydrogens is 604 g/mol. The van der Waals surface area contributed by atoms with E-state index in [0.29, 0.717) is 5.56 Å². The van der Waals surface area contributed by atoms with Crippen LogP contribution in [0, 0.1) is 0 Å². The highest BCUT2D eigenvalue weighted by molar-refractivity contribution is 8.00. The Labute approximate surface area is 267 Å². The lowest BCUT2D eigenvalue weighted by molar-refractivity contribution is -0.278. The molecule has 2 aromatic rings. The highest BCUT2D eigenvalue weighted by Gasteiger charge is 2.61. The number of fused-ring (bicyclic) bond motifs is 3. The van der Waals surface area contributed by atoms with Gasteiger partial charge in [-0.15, -0.1) is 11.8 Å². The van der Waals surface area contributed by atoms with Gasteiger partial charge in [-0.05, 0) is 58.9 Å². The van der Waals surface area contributed by atoms with Crippen LogP contribution in [0.4, 0.5) is 0 Å². The summed E-state index contributed by atoms with van der Waals surface area (Å²) in [5.41, 5.74) is 0.377. The fourth-order valence-corrected chi connectivity index (χ4v) is 7.39. The molecule has 4 aliphatic heterocycles. The van der Waals surface area contributed by atoms with Crippen LogP contribution in [0.3, 0.4) is 0 Å². The summed E-state index contributed by atoms with van der Waals surface area (Å²) in [6.45, 7) is 10.5. The minimum absolute atomic E-state index is 0.0537. The number of benzene rings is 2. The maximum absolute atomic E-state index is 13.1. The van der Waals surface area contributed by atoms with Gasteiger partial charge in [-0.25, -0.2) is 4.79 Å². The fraction of sp³-hybridized carbons (Fsp3) is 0.576. The van der Waals surface area contributed by atoms with E-state index in [1.54, 1.807) is 31.2 Å². The third-order valence-corrected chi connectivity index (χ3v) is 9.28. The lowest BCUT2D eigenvalue weighted by atomic mass is 9.99. The molecular formula is C33H40O11S. The molecule has 6 rings (SSSR count). The van der Waals surface area contributed by atoms with Crippen molar-refractivity contribution >= 4 is 23.7 Å². The van der Waals surface area contributed by atoms with E-state index in [1.807, 2.05) is 64.1 Å². The third kappa shape index (κ3) is 7.23. The number of rotatable bonds is 8. The third-order valence-electron chi connectivity index (χ3n) is 7.97. The largest absolute Gasteiger partial charge is 0.457 e. The highest BCUT2D eigenvalue weighted by Crippen LogP contribution is 2.45. The monoisotopic (exact) mass is 644 g/mol. The summed E-state index contributed by atoms with van der Waals surface area (Å²) in [5, 5.41) is -0.615. The van der Waals surface area contributed by atoms with Gasteiger partial charge in [-0.3, -0.25) is 4.79 Å². The second kappa shape index (κ2) is 12.9. The van der Waals surface area contributed by atoms with Gasteiger partial charge in [0.25, 0.3) is 0 Å². The summed E-state index contributed by atoms with van der Waals surface area (Å²) in [6.07, 6.45) is -6.03. The molecule has 0 bridgehead atoms. The van der Waals surface area contributed by atoms with Crippen LogP contribution < -0.4 is 0 Å². The van der Waals surface area contributed by atoms with Crippen LogP contribution in [-0.2, 0) is 47.4 Å². The number of thioether (sulfide) groups is 1. The molecule has 4 heterocycles. The van der Waals surface area contributed by atoms with E-state index in [4.69, 9.17) is 42.6 Å². The van der Waals surface area contributed by atoms with E-state index in [2.05, 4.69) is 0 Å². The van der Waals surface area contributed by atoms with Crippen molar-refractivity contribution in [2.75, 3.05) is 6.61 Å². The van der Waals surface area contributed by atoms with Crippen LogP contribution in [0.2, 0.25) is 0 Å². The summed E-state index contributed by atoms with van der Waals surface area (Å²) >= 11 is 1.41. The lowest BCUT2D eigenvalue weighted by Gasteiger charge is -2.45. The van der Waals surface area contributed by atoms with Gasteiger partial charge in [0.05, 0.1) is 18.3 Å². The predicted molar refractivity (Wildman–Crippen MR) is 160 cm³/mol. The first kappa shape index (κ1) is 32.4. The Bertz CT molecular complexity index is 1340. The molecule has 10 atom stereocenters. The first-order valence-corrected chi connectivity index (χ1v) is 16.1. The van der Waals surface area contributed by atoms with Crippen LogP contribution >= 0.6 is 11.8 Å². The molecule has 0 spiro atoms. The van der Waals surface area contributed by atoms with Gasteiger partial charge in [0.1, 0.15) is 29.7 Å². The number of carbonyl (C=O) groups excluding carboxylic acids is 2.